The highest BCUT2D eigenvalue weighted by atomic mass is 79.9. The SMILES string of the molecule is CN(CC(F)(F)F)c1cc(Br)ccc1CN. The molecule has 0 spiro atoms. The topological polar surface area (TPSA) is 29.3 Å². The fourth-order valence-corrected chi connectivity index (χ4v) is 1.77. The predicted octanol–water partition coefficient (Wildman–Crippen LogP) is 2.91. The highest BCUT2D eigenvalue weighted by molar-refractivity contribution is 9.10. The van der Waals surface area contributed by atoms with E-state index in [1.54, 1.807) is 18.2 Å². The van der Waals surface area contributed by atoms with Crippen LogP contribution in [0.4, 0.5) is 18.9 Å². The third-order valence-corrected chi connectivity index (χ3v) is 2.59. The largest absolute Gasteiger partial charge is 0.405 e. The van der Waals surface area contributed by atoms with Gasteiger partial charge in [0, 0.05) is 23.8 Å². The Morgan fingerprint density at radius 1 is 1.38 bits per heavy atom. The maximum atomic E-state index is 12.2. The molecule has 0 amide bonds. The maximum Gasteiger partial charge on any atom is 0.405 e. The smallest absolute Gasteiger partial charge is 0.365 e. The summed E-state index contributed by atoms with van der Waals surface area (Å²) in [5, 5.41) is 0. The van der Waals surface area contributed by atoms with Crippen LogP contribution in [0.5, 0.6) is 0 Å². The van der Waals surface area contributed by atoms with Crippen LogP contribution < -0.4 is 10.6 Å². The zero-order valence-electron chi connectivity index (χ0n) is 8.68. The second kappa shape index (κ2) is 5.05. The molecule has 0 radical (unpaired) electrons. The summed E-state index contributed by atoms with van der Waals surface area (Å²) in [4.78, 5) is 1.15. The Morgan fingerprint density at radius 3 is 2.50 bits per heavy atom. The first kappa shape index (κ1) is 13.3. The van der Waals surface area contributed by atoms with Gasteiger partial charge in [0.15, 0.2) is 0 Å². The molecule has 0 bridgehead atoms. The van der Waals surface area contributed by atoms with Gasteiger partial charge in [-0.25, -0.2) is 0 Å². The van der Waals surface area contributed by atoms with Gasteiger partial charge in [0.2, 0.25) is 0 Å². The minimum Gasteiger partial charge on any atom is -0.365 e. The molecule has 16 heavy (non-hydrogen) atoms. The van der Waals surface area contributed by atoms with Crippen molar-refractivity contribution in [3.8, 4) is 0 Å². The average Bonchev–Trinajstić information content (AvgIpc) is 2.15. The van der Waals surface area contributed by atoms with E-state index in [1.165, 1.54) is 7.05 Å². The van der Waals surface area contributed by atoms with Crippen LogP contribution in [0.2, 0.25) is 0 Å². The molecule has 1 rings (SSSR count). The van der Waals surface area contributed by atoms with Crippen molar-refractivity contribution >= 4 is 21.6 Å². The van der Waals surface area contributed by atoms with Crippen molar-refractivity contribution in [2.75, 3.05) is 18.5 Å². The Kier molecular flexibility index (Phi) is 4.21. The van der Waals surface area contributed by atoms with Gasteiger partial charge in [-0.3, -0.25) is 0 Å². The number of benzene rings is 1. The van der Waals surface area contributed by atoms with Gasteiger partial charge in [-0.1, -0.05) is 22.0 Å². The Balaban J connectivity index is 2.97. The molecule has 1 aromatic carbocycles. The third-order valence-electron chi connectivity index (χ3n) is 2.09. The van der Waals surface area contributed by atoms with Crippen molar-refractivity contribution in [3.05, 3.63) is 28.2 Å². The normalized spacial score (nSPS) is 11.6. The van der Waals surface area contributed by atoms with E-state index in [-0.39, 0.29) is 6.54 Å². The summed E-state index contributed by atoms with van der Waals surface area (Å²) < 4.78 is 37.5. The minimum absolute atomic E-state index is 0.213. The van der Waals surface area contributed by atoms with E-state index < -0.39 is 12.7 Å². The lowest BCUT2D eigenvalue weighted by Gasteiger charge is -2.23. The van der Waals surface area contributed by atoms with Crippen molar-refractivity contribution in [2.45, 2.75) is 12.7 Å². The summed E-state index contributed by atoms with van der Waals surface area (Å²) in [5.74, 6) is 0. The predicted molar refractivity (Wildman–Crippen MR) is 61.4 cm³/mol. The van der Waals surface area contributed by atoms with Crippen LogP contribution in [0, 0.1) is 0 Å². The minimum atomic E-state index is -4.22. The standard InChI is InChI=1S/C10H12BrF3N2/c1-16(6-10(12,13)14)9-4-8(11)3-2-7(9)5-15/h2-4H,5-6,15H2,1H3. The van der Waals surface area contributed by atoms with Crippen LogP contribution in [0.3, 0.4) is 0 Å². The van der Waals surface area contributed by atoms with Crippen molar-refractivity contribution < 1.29 is 13.2 Å². The number of halogens is 4. The van der Waals surface area contributed by atoms with Gasteiger partial charge in [0.05, 0.1) is 0 Å². The first-order valence-electron chi connectivity index (χ1n) is 4.60. The number of anilines is 1. The van der Waals surface area contributed by atoms with Gasteiger partial charge in [-0.05, 0) is 17.7 Å². The number of alkyl halides is 3. The molecule has 0 unspecified atom stereocenters. The highest BCUT2D eigenvalue weighted by Gasteiger charge is 2.29. The molecule has 0 atom stereocenters. The quantitative estimate of drug-likeness (QED) is 0.929. The summed E-state index contributed by atoms with van der Waals surface area (Å²) in [6, 6.07) is 5.10. The third kappa shape index (κ3) is 3.68. The molecule has 0 fully saturated rings. The number of nitrogens with two attached hydrogens (primary N) is 1. The summed E-state index contributed by atoms with van der Waals surface area (Å²) >= 11 is 3.22. The second-order valence-electron chi connectivity index (χ2n) is 3.45. The van der Waals surface area contributed by atoms with Crippen LogP contribution in [-0.2, 0) is 6.54 Å². The molecule has 2 N–H and O–H groups in total. The van der Waals surface area contributed by atoms with Crippen LogP contribution in [0.15, 0.2) is 22.7 Å². The Hall–Kier alpha value is -0.750. The molecule has 0 heterocycles. The van der Waals surface area contributed by atoms with Crippen LogP contribution in [0.1, 0.15) is 5.56 Å². The van der Waals surface area contributed by atoms with Crippen LogP contribution >= 0.6 is 15.9 Å². The van der Waals surface area contributed by atoms with Crippen molar-refractivity contribution in [1.82, 2.24) is 0 Å². The molecule has 90 valence electrons. The van der Waals surface area contributed by atoms with Gasteiger partial charge < -0.3 is 10.6 Å². The van der Waals surface area contributed by atoms with Crippen molar-refractivity contribution in [2.24, 2.45) is 5.73 Å². The summed E-state index contributed by atoms with van der Waals surface area (Å²) in [6.45, 7) is -0.777. The van der Waals surface area contributed by atoms with E-state index in [2.05, 4.69) is 15.9 Å². The van der Waals surface area contributed by atoms with Crippen LogP contribution in [0.25, 0.3) is 0 Å². The van der Waals surface area contributed by atoms with Crippen molar-refractivity contribution in [3.63, 3.8) is 0 Å². The molecule has 0 saturated heterocycles. The van der Waals surface area contributed by atoms with Crippen molar-refractivity contribution in [1.29, 1.82) is 0 Å². The Morgan fingerprint density at radius 2 is 2.00 bits per heavy atom. The summed E-state index contributed by atoms with van der Waals surface area (Å²) in [6.07, 6.45) is -4.22. The molecular weight excluding hydrogens is 285 g/mol. The monoisotopic (exact) mass is 296 g/mol. The molecule has 2 nitrogen and oxygen atoms in total. The van der Waals surface area contributed by atoms with Crippen LogP contribution in [-0.4, -0.2) is 19.8 Å². The van der Waals surface area contributed by atoms with Gasteiger partial charge in [0.25, 0.3) is 0 Å². The molecule has 0 aliphatic heterocycles. The van der Waals surface area contributed by atoms with Gasteiger partial charge in [0.1, 0.15) is 6.54 Å². The second-order valence-corrected chi connectivity index (χ2v) is 4.36. The zero-order chi connectivity index (χ0) is 12.3. The molecule has 0 aromatic heterocycles. The molecule has 1 aromatic rings. The van der Waals surface area contributed by atoms with E-state index in [1.807, 2.05) is 0 Å². The number of nitrogens with zero attached hydrogens (tertiary/aromatic N) is 1. The van der Waals surface area contributed by atoms with Gasteiger partial charge in [-0.2, -0.15) is 13.2 Å². The van der Waals surface area contributed by atoms with Gasteiger partial charge >= 0.3 is 6.18 Å². The fourth-order valence-electron chi connectivity index (χ4n) is 1.42. The maximum absolute atomic E-state index is 12.2. The fraction of sp³-hybridized carbons (Fsp3) is 0.400. The molecule has 0 aliphatic rings. The van der Waals surface area contributed by atoms with E-state index in [4.69, 9.17) is 5.73 Å². The highest BCUT2D eigenvalue weighted by Crippen LogP contribution is 2.27. The first-order valence-corrected chi connectivity index (χ1v) is 5.39. The molecule has 0 saturated carbocycles. The Bertz CT molecular complexity index is 366. The zero-order valence-corrected chi connectivity index (χ0v) is 10.3. The first-order chi connectivity index (χ1) is 7.33. The van der Waals surface area contributed by atoms with E-state index in [9.17, 15) is 13.2 Å². The van der Waals surface area contributed by atoms with Gasteiger partial charge in [-0.15, -0.1) is 0 Å². The average molecular weight is 297 g/mol. The lowest BCUT2D eigenvalue weighted by atomic mass is 10.1. The molecule has 0 aliphatic carbocycles. The number of hydrogen-bond acceptors (Lipinski definition) is 2. The number of hydrogen-bond donors (Lipinski definition) is 1. The van der Waals surface area contributed by atoms with E-state index in [0.717, 1.165) is 9.37 Å². The number of rotatable bonds is 3. The Labute approximate surface area is 100 Å². The summed E-state index contributed by atoms with van der Waals surface area (Å²) in [5.41, 5.74) is 6.66. The molecule has 6 heteroatoms. The van der Waals surface area contributed by atoms with E-state index >= 15 is 0 Å². The summed E-state index contributed by atoms with van der Waals surface area (Å²) in [7, 11) is 1.40. The van der Waals surface area contributed by atoms with E-state index in [0.29, 0.717) is 11.3 Å². The molecular formula is C10H12BrF3N2. The lowest BCUT2D eigenvalue weighted by Crippen LogP contribution is -2.31. The lowest BCUT2D eigenvalue weighted by molar-refractivity contribution is -0.119.